The molecule has 0 aromatic rings. The van der Waals surface area contributed by atoms with Crippen molar-refractivity contribution in [3.05, 3.63) is 0 Å². The summed E-state index contributed by atoms with van der Waals surface area (Å²) in [6.07, 6.45) is -10.3. The van der Waals surface area contributed by atoms with Crippen LogP contribution in [0.15, 0.2) is 0 Å². The zero-order valence-electron chi connectivity index (χ0n) is 16.8. The second kappa shape index (κ2) is 8.31. The highest BCUT2D eigenvalue weighted by Crippen LogP contribution is 2.65. The van der Waals surface area contributed by atoms with Crippen LogP contribution in [0.25, 0.3) is 0 Å². The second-order valence-corrected chi connectivity index (χ2v) is 7.82. The molecule has 0 aliphatic heterocycles. The summed E-state index contributed by atoms with van der Waals surface area (Å²) in [7, 11) is 0. The van der Waals surface area contributed by atoms with Gasteiger partial charge in [0.1, 0.15) is 0 Å². The van der Waals surface area contributed by atoms with Crippen LogP contribution in [-0.2, 0) is 0 Å². The van der Waals surface area contributed by atoms with Crippen molar-refractivity contribution in [3.8, 4) is 0 Å². The summed E-state index contributed by atoms with van der Waals surface area (Å²) in [4.78, 5) is 0. The van der Waals surface area contributed by atoms with Crippen LogP contribution < -0.4 is 0 Å². The lowest BCUT2D eigenvalue weighted by molar-refractivity contribution is -0.453. The predicted molar refractivity (Wildman–Crippen MR) is 74.6 cm³/mol. The molecule has 0 heterocycles. The Bertz CT molecular complexity index is 755. The van der Waals surface area contributed by atoms with Crippen molar-refractivity contribution in [2.75, 3.05) is 0 Å². The van der Waals surface area contributed by atoms with Crippen LogP contribution in [0.3, 0.4) is 0 Å². The molecule has 0 saturated heterocycles. The molecule has 0 N–H and O–H groups in total. The lowest BCUT2D eigenvalue weighted by atomic mass is 9.79. The van der Waals surface area contributed by atoms with E-state index in [1.165, 1.54) is 0 Å². The van der Waals surface area contributed by atoms with E-state index < -0.39 is 78.5 Å². The molecule has 0 bridgehead atoms. The Balaban J connectivity index is 7.03. The van der Waals surface area contributed by atoms with E-state index >= 15 is 0 Å². The van der Waals surface area contributed by atoms with Crippen molar-refractivity contribution in [1.82, 2.24) is 0 Å². The van der Waals surface area contributed by atoms with Crippen LogP contribution in [0, 0.1) is 5.92 Å². The van der Waals surface area contributed by atoms with Gasteiger partial charge in [-0.3, -0.25) is 0 Å². The fraction of sp³-hybridized carbons (Fsp3) is 1.00. The maximum Gasteiger partial charge on any atom is 0.460 e. The smallest absolute Gasteiger partial charge is 0.230 e. The summed E-state index contributed by atoms with van der Waals surface area (Å²) in [5.41, 5.74) is -7.63. The Morgan fingerprint density at radius 2 is 0.657 bits per heavy atom. The fourth-order valence-electron chi connectivity index (χ4n) is 2.43. The van der Waals surface area contributed by atoms with Gasteiger partial charge in [-0.15, -0.1) is 0 Å². The third-order valence-electron chi connectivity index (χ3n) is 4.63. The zero-order chi connectivity index (χ0) is 29.3. The molecule has 0 rings (SSSR count). The topological polar surface area (TPSA) is 0 Å². The third-order valence-corrected chi connectivity index (χ3v) is 4.63. The van der Waals surface area contributed by atoms with Crippen LogP contribution in [-0.4, -0.2) is 59.2 Å². The van der Waals surface area contributed by atoms with E-state index in [1.54, 1.807) is 0 Å². The van der Waals surface area contributed by atoms with Crippen LogP contribution >= 0.6 is 0 Å². The highest BCUT2D eigenvalue weighted by atomic mass is 19.4. The minimum absolute atomic E-state index is 0.580. The zero-order valence-corrected chi connectivity index (χ0v) is 16.8. The second-order valence-electron chi connectivity index (χ2n) is 7.82. The largest absolute Gasteiger partial charge is 0.460 e. The Labute approximate surface area is 181 Å². The maximum atomic E-state index is 14.1. The Hall–Kier alpha value is -1.40. The van der Waals surface area contributed by atoms with Crippen molar-refractivity contribution in [2.45, 2.75) is 86.4 Å². The van der Waals surface area contributed by atoms with Gasteiger partial charge in [-0.05, 0) is 12.8 Å². The van der Waals surface area contributed by atoms with Crippen LogP contribution in [0.2, 0.25) is 0 Å². The van der Waals surface area contributed by atoms with E-state index in [-0.39, 0.29) is 0 Å². The minimum atomic E-state index is -8.53. The molecule has 212 valence electrons. The number of hydrogen-bond acceptors (Lipinski definition) is 0. The summed E-state index contributed by atoms with van der Waals surface area (Å²) in [5, 5.41) is 0. The van der Waals surface area contributed by atoms with E-state index in [0.29, 0.717) is 13.8 Å². The lowest BCUT2D eigenvalue weighted by Crippen LogP contribution is -2.77. The lowest BCUT2D eigenvalue weighted by Gasteiger charge is -2.46. The van der Waals surface area contributed by atoms with E-state index in [9.17, 15) is 87.8 Å². The summed E-state index contributed by atoms with van der Waals surface area (Å²) in [6.45, 7) is -0.851. The van der Waals surface area contributed by atoms with E-state index in [4.69, 9.17) is 0 Å². The van der Waals surface area contributed by atoms with Crippen molar-refractivity contribution in [3.63, 3.8) is 0 Å². The van der Waals surface area contributed by atoms with Crippen molar-refractivity contribution < 1.29 is 87.8 Å². The highest BCUT2D eigenvalue weighted by Gasteiger charge is 2.95. The van der Waals surface area contributed by atoms with Crippen LogP contribution in [0.4, 0.5) is 87.8 Å². The van der Waals surface area contributed by atoms with Gasteiger partial charge < -0.3 is 0 Å². The number of rotatable bonds is 10. The average molecular weight is 572 g/mol. The van der Waals surface area contributed by atoms with Crippen LogP contribution in [0.5, 0.6) is 0 Å². The van der Waals surface area contributed by atoms with Gasteiger partial charge in [-0.1, -0.05) is 13.8 Å². The molecular formula is C15H12F20. The van der Waals surface area contributed by atoms with Crippen molar-refractivity contribution in [1.29, 1.82) is 0 Å². The minimum Gasteiger partial charge on any atom is -0.230 e. The molecule has 0 aliphatic carbocycles. The molecule has 0 fully saturated rings. The Morgan fingerprint density at radius 3 is 0.914 bits per heavy atom. The van der Waals surface area contributed by atoms with E-state index in [1.807, 2.05) is 0 Å². The van der Waals surface area contributed by atoms with Gasteiger partial charge in [0.05, 0.1) is 0 Å². The number of alkyl halides is 20. The third kappa shape index (κ3) is 4.27. The molecule has 0 saturated carbocycles. The molecule has 20 heteroatoms. The molecule has 0 aliphatic rings. The van der Waals surface area contributed by atoms with Crippen molar-refractivity contribution >= 4 is 0 Å². The van der Waals surface area contributed by atoms with Crippen LogP contribution in [0.1, 0.15) is 27.2 Å². The molecule has 1 atom stereocenters. The Morgan fingerprint density at radius 1 is 0.400 bits per heavy atom. The first-order valence-electron chi connectivity index (χ1n) is 8.45. The molecule has 1 unspecified atom stereocenters. The first-order chi connectivity index (χ1) is 14.7. The molecule has 0 aromatic carbocycles. The molecule has 0 amide bonds. The van der Waals surface area contributed by atoms with Gasteiger partial charge in [0.15, 0.2) is 0 Å². The van der Waals surface area contributed by atoms with Gasteiger partial charge in [-0.25, -0.2) is 4.39 Å². The molecule has 0 radical (unpaired) electrons. The van der Waals surface area contributed by atoms with Crippen molar-refractivity contribution in [2.24, 2.45) is 5.92 Å². The van der Waals surface area contributed by atoms with E-state index in [0.717, 1.165) is 0 Å². The van der Waals surface area contributed by atoms with Gasteiger partial charge in [0.25, 0.3) is 0 Å². The predicted octanol–water partition coefficient (Wildman–Crippen LogP) is 8.41. The van der Waals surface area contributed by atoms with Gasteiger partial charge in [-0.2, -0.15) is 83.4 Å². The standard InChI is InChI=1S/C15H12F20/c1-5(2)4-7(17,18)10(23,24)13(29,30)11(25,26)8(19,20)6(3,16)9(21,22)12(27,28)14(31,32)15(33,34)35/h5H,4H2,1-3H3. The summed E-state index contributed by atoms with van der Waals surface area (Å²) in [6, 6.07) is 0. The average Bonchev–Trinajstić information content (AvgIpc) is 2.58. The Kier molecular flexibility index (Phi) is 7.97. The first-order valence-corrected chi connectivity index (χ1v) is 8.45. The molecular weight excluding hydrogens is 560 g/mol. The number of halogens is 20. The fourth-order valence-corrected chi connectivity index (χ4v) is 2.43. The molecule has 0 aromatic heterocycles. The quantitative estimate of drug-likeness (QED) is 0.231. The normalized spacial score (nSPS) is 18.2. The monoisotopic (exact) mass is 572 g/mol. The van der Waals surface area contributed by atoms with Gasteiger partial charge in [0, 0.05) is 6.42 Å². The molecule has 35 heavy (non-hydrogen) atoms. The first kappa shape index (κ1) is 33.6. The van der Waals surface area contributed by atoms with E-state index in [2.05, 4.69) is 0 Å². The summed E-state index contributed by atoms with van der Waals surface area (Å²) >= 11 is 0. The van der Waals surface area contributed by atoms with Gasteiger partial charge in [0.2, 0.25) is 5.67 Å². The molecule has 0 nitrogen and oxygen atoms in total. The number of hydrogen-bond donors (Lipinski definition) is 0. The van der Waals surface area contributed by atoms with Gasteiger partial charge >= 0.3 is 53.6 Å². The molecule has 0 spiro atoms. The summed E-state index contributed by atoms with van der Waals surface area (Å²) < 4.78 is 266. The highest BCUT2D eigenvalue weighted by molar-refractivity contribution is 5.19. The summed E-state index contributed by atoms with van der Waals surface area (Å²) in [5.74, 6) is -66.1. The maximum absolute atomic E-state index is 14.1. The SMILES string of the molecule is CC(C)CC(F)(F)C(F)(F)C(F)(F)C(F)(F)C(F)(F)C(C)(F)C(F)(F)C(F)(F)C(F)(F)C(F)(F)F.